The molecule has 4 nitrogen and oxygen atoms in total. The van der Waals surface area contributed by atoms with E-state index < -0.39 is 0 Å². The van der Waals surface area contributed by atoms with Crippen LogP contribution in [0.2, 0.25) is 0 Å². The summed E-state index contributed by atoms with van der Waals surface area (Å²) in [5.41, 5.74) is 6.24. The third-order valence-corrected chi connectivity index (χ3v) is 6.09. The van der Waals surface area contributed by atoms with Crippen LogP contribution in [0.4, 0.5) is 0 Å². The lowest BCUT2D eigenvalue weighted by molar-refractivity contribution is -0.641. The molecule has 0 amide bonds. The Morgan fingerprint density at radius 3 is 2.72 bits per heavy atom. The summed E-state index contributed by atoms with van der Waals surface area (Å²) >= 11 is 1.85. The van der Waals surface area contributed by atoms with Gasteiger partial charge in [0.05, 0.1) is 16.5 Å². The number of pyridine rings is 2. The van der Waals surface area contributed by atoms with Crippen LogP contribution in [-0.2, 0) is 6.54 Å². The van der Waals surface area contributed by atoms with Crippen molar-refractivity contribution in [2.75, 3.05) is 0 Å². The van der Waals surface area contributed by atoms with Gasteiger partial charge in [-0.05, 0) is 35.6 Å². The molecule has 1 aromatic carbocycles. The lowest BCUT2D eigenvalue weighted by atomic mass is 10.2. The van der Waals surface area contributed by atoms with Gasteiger partial charge in [0.15, 0.2) is 11.4 Å². The highest BCUT2D eigenvalue weighted by atomic mass is 32.1. The number of fused-ring (bicyclic) bond motifs is 7. The normalized spacial score (nSPS) is 12.6. The lowest BCUT2D eigenvalue weighted by Crippen LogP contribution is -2.30. The van der Waals surface area contributed by atoms with Crippen molar-refractivity contribution in [3.8, 4) is 16.3 Å². The van der Waals surface area contributed by atoms with Crippen molar-refractivity contribution in [2.24, 2.45) is 0 Å². The van der Waals surface area contributed by atoms with Gasteiger partial charge in [-0.25, -0.2) is 0 Å². The van der Waals surface area contributed by atoms with Gasteiger partial charge in [-0.3, -0.25) is 14.5 Å². The number of aromatic nitrogens is 4. The molecule has 0 N–H and O–H groups in total. The minimum atomic E-state index is 0.876. The quantitative estimate of drug-likeness (QED) is 0.424. The van der Waals surface area contributed by atoms with E-state index in [4.69, 9.17) is 0 Å². The number of thiazole rings is 1. The molecule has 0 radical (unpaired) electrons. The van der Waals surface area contributed by atoms with Gasteiger partial charge in [0, 0.05) is 36.0 Å². The number of hydrogen-bond donors (Lipinski definition) is 0. The van der Waals surface area contributed by atoms with Crippen LogP contribution in [0.25, 0.3) is 37.5 Å². The summed E-state index contributed by atoms with van der Waals surface area (Å²) in [6.45, 7) is 0.876. The highest BCUT2D eigenvalue weighted by molar-refractivity contribution is 7.21. The fourth-order valence-electron chi connectivity index (χ4n) is 3.81. The van der Waals surface area contributed by atoms with Gasteiger partial charge >= 0.3 is 0 Å². The van der Waals surface area contributed by atoms with Crippen LogP contribution in [-0.4, -0.2) is 14.5 Å². The topological polar surface area (TPSA) is 34.6 Å². The minimum absolute atomic E-state index is 0.876. The second-order valence-corrected chi connectivity index (χ2v) is 7.22. The summed E-state index contributed by atoms with van der Waals surface area (Å²) in [4.78, 5) is 9.95. The molecule has 0 unspecified atom stereocenters. The van der Waals surface area contributed by atoms with E-state index in [0.717, 1.165) is 6.54 Å². The van der Waals surface area contributed by atoms with Gasteiger partial charge in [-0.1, -0.05) is 18.2 Å². The molecular weight excluding hydrogens is 328 g/mol. The molecule has 0 fully saturated rings. The fraction of sp³-hybridized carbons (Fsp3) is 0.0500. The van der Waals surface area contributed by atoms with Gasteiger partial charge in [-0.15, -0.1) is 0 Å². The summed E-state index contributed by atoms with van der Waals surface area (Å²) in [7, 11) is 0. The molecule has 1 aliphatic heterocycles. The summed E-state index contributed by atoms with van der Waals surface area (Å²) < 4.78 is 4.76. The van der Waals surface area contributed by atoms with Crippen molar-refractivity contribution >= 4 is 32.6 Å². The molecule has 5 aromatic rings. The van der Waals surface area contributed by atoms with Crippen molar-refractivity contribution in [3.63, 3.8) is 0 Å². The van der Waals surface area contributed by atoms with E-state index in [2.05, 4.69) is 61.6 Å². The molecule has 4 aromatic heterocycles. The zero-order valence-electron chi connectivity index (χ0n) is 13.3. The van der Waals surface area contributed by atoms with Gasteiger partial charge in [-0.2, -0.15) is 4.57 Å². The van der Waals surface area contributed by atoms with E-state index in [0.29, 0.717) is 0 Å². The van der Waals surface area contributed by atoms with Crippen molar-refractivity contribution < 1.29 is 4.57 Å². The Morgan fingerprint density at radius 1 is 0.960 bits per heavy atom. The predicted molar refractivity (Wildman–Crippen MR) is 99.0 cm³/mol. The molecule has 5 heteroatoms. The van der Waals surface area contributed by atoms with E-state index in [9.17, 15) is 0 Å². The van der Waals surface area contributed by atoms with Gasteiger partial charge in [0.25, 0.3) is 10.5 Å². The molecule has 118 valence electrons. The molecule has 0 saturated heterocycles. The average molecular weight is 341 g/mol. The van der Waals surface area contributed by atoms with E-state index in [-0.39, 0.29) is 0 Å². The minimum Gasteiger partial charge on any atom is -0.295 e. The molecule has 0 atom stereocenters. The van der Waals surface area contributed by atoms with E-state index in [1.165, 1.54) is 43.1 Å². The van der Waals surface area contributed by atoms with Crippen LogP contribution < -0.4 is 4.57 Å². The fourth-order valence-corrected chi connectivity index (χ4v) is 5.19. The monoisotopic (exact) mass is 341 g/mol. The first-order valence-electron chi connectivity index (χ1n) is 8.21. The highest BCUT2D eigenvalue weighted by Crippen LogP contribution is 2.40. The van der Waals surface area contributed by atoms with Crippen LogP contribution in [0.1, 0.15) is 5.56 Å². The smallest absolute Gasteiger partial charge is 0.272 e. The van der Waals surface area contributed by atoms with Crippen molar-refractivity contribution in [1.82, 2.24) is 14.5 Å². The summed E-state index contributed by atoms with van der Waals surface area (Å²) in [6, 6.07) is 14.8. The predicted octanol–water partition coefficient (Wildman–Crippen LogP) is 3.95. The average Bonchev–Trinajstić information content (AvgIpc) is 3.29. The number of rotatable bonds is 1. The Labute approximate surface area is 147 Å². The standard InChI is InChI=1S/C20H13N4S/c1-2-4-14(5-3-1)24-17-7-9-22-11-16(17)18-20(24)25-19-15-6-8-21-10-13(15)12-23(18)19/h1-11H,12H2/q+1. The maximum absolute atomic E-state index is 4.39. The highest BCUT2D eigenvalue weighted by Gasteiger charge is 2.35. The Morgan fingerprint density at radius 2 is 1.80 bits per heavy atom. The zero-order chi connectivity index (χ0) is 16.4. The lowest BCUT2D eigenvalue weighted by Gasteiger charge is -2.04. The molecule has 5 heterocycles. The molecule has 0 saturated carbocycles. The molecular formula is C20H13N4S+. The molecule has 0 bridgehead atoms. The van der Waals surface area contributed by atoms with Crippen LogP contribution in [0.15, 0.2) is 67.3 Å². The summed E-state index contributed by atoms with van der Waals surface area (Å²) in [5, 5.41) is 2.50. The number of benzene rings is 1. The molecule has 0 aliphatic carbocycles. The first-order chi connectivity index (χ1) is 12.4. The second kappa shape index (κ2) is 4.74. The third-order valence-electron chi connectivity index (χ3n) is 4.89. The summed E-state index contributed by atoms with van der Waals surface area (Å²) in [6.07, 6.45) is 7.71. The maximum atomic E-state index is 4.39. The van der Waals surface area contributed by atoms with E-state index >= 15 is 0 Å². The van der Waals surface area contributed by atoms with E-state index in [1.807, 2.05) is 36.1 Å². The van der Waals surface area contributed by atoms with Gasteiger partial charge < -0.3 is 0 Å². The summed E-state index contributed by atoms with van der Waals surface area (Å²) in [5.74, 6) is 0. The first kappa shape index (κ1) is 13.3. The zero-order valence-corrected chi connectivity index (χ0v) is 14.1. The van der Waals surface area contributed by atoms with Crippen molar-refractivity contribution in [3.05, 3.63) is 72.8 Å². The number of nitrogens with zero attached hydrogens (tertiary/aromatic N) is 4. The molecule has 25 heavy (non-hydrogen) atoms. The van der Waals surface area contributed by atoms with Crippen LogP contribution >= 0.6 is 11.3 Å². The third kappa shape index (κ3) is 1.68. The first-order valence-corrected chi connectivity index (χ1v) is 9.03. The Balaban J connectivity index is 1.78. The van der Waals surface area contributed by atoms with Crippen LogP contribution in [0, 0.1) is 0 Å². The largest absolute Gasteiger partial charge is 0.295 e. The maximum Gasteiger partial charge on any atom is 0.272 e. The number of para-hydroxylation sites is 1. The molecule has 0 spiro atoms. The SMILES string of the molecule is c1ccc(-n2c3ccncc3c3c2sc2[n+]3Cc3cnccc3-2)cc1. The van der Waals surface area contributed by atoms with Crippen molar-refractivity contribution in [2.45, 2.75) is 6.54 Å². The van der Waals surface area contributed by atoms with Gasteiger partial charge in [0.1, 0.15) is 0 Å². The van der Waals surface area contributed by atoms with Crippen molar-refractivity contribution in [1.29, 1.82) is 0 Å². The second-order valence-electron chi connectivity index (χ2n) is 6.24. The van der Waals surface area contributed by atoms with Gasteiger partial charge in [0.2, 0.25) is 0 Å². The van der Waals surface area contributed by atoms with E-state index in [1.54, 1.807) is 0 Å². The molecule has 6 rings (SSSR count). The Kier molecular flexibility index (Phi) is 2.51. The number of hydrogen-bond acceptors (Lipinski definition) is 3. The Hall–Kier alpha value is -3.05. The van der Waals surface area contributed by atoms with Crippen LogP contribution in [0.3, 0.4) is 0 Å². The Bertz CT molecular complexity index is 1270. The van der Waals surface area contributed by atoms with Crippen LogP contribution in [0.5, 0.6) is 0 Å². The molecule has 1 aliphatic rings.